The maximum Gasteiger partial charge on any atom is 0.222 e. The van der Waals surface area contributed by atoms with Crippen LogP contribution in [0.1, 0.15) is 12.0 Å². The number of nitrogens with one attached hydrogen (secondary N) is 1. The Bertz CT molecular complexity index is 480. The first-order valence-corrected chi connectivity index (χ1v) is 7.16. The maximum absolute atomic E-state index is 11.9. The monoisotopic (exact) mass is 311 g/mol. The van der Waals surface area contributed by atoms with Gasteiger partial charge in [0.1, 0.15) is 24.4 Å². The molecule has 0 bridgehead atoms. The first-order chi connectivity index (χ1) is 10.5. The number of hydrogen-bond acceptors (Lipinski definition) is 6. The first kappa shape index (κ1) is 16.9. The third-order valence-corrected chi connectivity index (χ3v) is 3.68. The van der Waals surface area contributed by atoms with Crippen LogP contribution in [0.3, 0.4) is 0 Å². The van der Waals surface area contributed by atoms with Crippen LogP contribution in [0.5, 0.6) is 0 Å². The molecule has 0 unspecified atom stereocenters. The van der Waals surface area contributed by atoms with Gasteiger partial charge in [-0.1, -0.05) is 30.3 Å². The number of hydrogen-bond donors (Lipinski definition) is 5. The smallest absolute Gasteiger partial charge is 0.222 e. The summed E-state index contributed by atoms with van der Waals surface area (Å²) < 4.78 is 5.21. The zero-order chi connectivity index (χ0) is 16.1. The molecule has 0 radical (unpaired) electrons. The number of carbonyl (C=O) groups excluding carboxylic acids is 1. The molecule has 22 heavy (non-hydrogen) atoms. The third-order valence-electron chi connectivity index (χ3n) is 3.68. The summed E-state index contributed by atoms with van der Waals surface area (Å²) >= 11 is 0. The Balaban J connectivity index is 1.87. The molecule has 1 aliphatic rings. The number of aryl methyl sites for hydroxylation is 1. The van der Waals surface area contributed by atoms with E-state index in [4.69, 9.17) is 9.84 Å². The van der Waals surface area contributed by atoms with Gasteiger partial charge in [0, 0.05) is 6.42 Å². The second kappa shape index (κ2) is 7.66. The van der Waals surface area contributed by atoms with Gasteiger partial charge in [-0.15, -0.1) is 0 Å². The molecule has 1 fully saturated rings. The van der Waals surface area contributed by atoms with E-state index in [1.165, 1.54) is 0 Å². The number of amides is 1. The number of aliphatic hydroxyl groups excluding tert-OH is 4. The lowest BCUT2D eigenvalue weighted by atomic mass is 9.98. The van der Waals surface area contributed by atoms with Crippen molar-refractivity contribution in [2.45, 2.75) is 43.5 Å². The fourth-order valence-electron chi connectivity index (χ4n) is 2.35. The molecule has 1 saturated heterocycles. The highest BCUT2D eigenvalue weighted by atomic mass is 16.6. The van der Waals surface area contributed by atoms with Crippen molar-refractivity contribution in [3.05, 3.63) is 35.9 Å². The summed E-state index contributed by atoms with van der Waals surface area (Å²) in [7, 11) is 0. The molecule has 0 aromatic heterocycles. The predicted molar refractivity (Wildman–Crippen MR) is 76.7 cm³/mol. The highest BCUT2D eigenvalue weighted by molar-refractivity contribution is 5.76. The van der Waals surface area contributed by atoms with Crippen LogP contribution in [0.4, 0.5) is 0 Å². The van der Waals surface area contributed by atoms with Gasteiger partial charge < -0.3 is 30.5 Å². The topological polar surface area (TPSA) is 119 Å². The van der Waals surface area contributed by atoms with Crippen LogP contribution in [0.15, 0.2) is 30.3 Å². The van der Waals surface area contributed by atoms with E-state index in [9.17, 15) is 20.1 Å². The summed E-state index contributed by atoms with van der Waals surface area (Å²) in [6.45, 7) is -0.526. The van der Waals surface area contributed by atoms with Gasteiger partial charge in [-0.05, 0) is 12.0 Å². The fraction of sp³-hybridized carbons (Fsp3) is 0.533. The number of ether oxygens (including phenoxy) is 1. The van der Waals surface area contributed by atoms with Crippen molar-refractivity contribution >= 4 is 5.91 Å². The molecule has 7 nitrogen and oxygen atoms in total. The number of benzene rings is 1. The lowest BCUT2D eigenvalue weighted by Gasteiger charge is -2.40. The van der Waals surface area contributed by atoms with Crippen LogP contribution in [0, 0.1) is 0 Å². The van der Waals surface area contributed by atoms with Gasteiger partial charge in [0.15, 0.2) is 6.23 Å². The van der Waals surface area contributed by atoms with Crippen molar-refractivity contribution < 1.29 is 30.0 Å². The Labute approximate surface area is 128 Å². The molecule has 0 aliphatic carbocycles. The molecular formula is C15H21NO6. The van der Waals surface area contributed by atoms with E-state index in [0.29, 0.717) is 6.42 Å². The minimum atomic E-state index is -1.50. The molecule has 5 N–H and O–H groups in total. The van der Waals surface area contributed by atoms with E-state index in [1.54, 1.807) is 0 Å². The summed E-state index contributed by atoms with van der Waals surface area (Å²) in [5.74, 6) is -0.354. The quantitative estimate of drug-likeness (QED) is 0.453. The van der Waals surface area contributed by atoms with Crippen molar-refractivity contribution in [3.8, 4) is 0 Å². The standard InChI is InChI=1S/C15H21NO6/c17-8-10-12(19)13(20)14(21)15(22-10)16-11(18)7-6-9-4-2-1-3-5-9/h1-5,10,12-15,17,19-21H,6-8H2,(H,16,18)/t10-,12+,13+,14-,15-/m1/s1. The Hall–Kier alpha value is -1.51. The third kappa shape index (κ3) is 4.02. The van der Waals surface area contributed by atoms with Crippen LogP contribution in [0.25, 0.3) is 0 Å². The molecule has 1 aromatic carbocycles. The highest BCUT2D eigenvalue weighted by Gasteiger charge is 2.43. The average Bonchev–Trinajstić information content (AvgIpc) is 2.54. The normalized spacial score (nSPS) is 31.7. The Kier molecular flexibility index (Phi) is 5.87. The van der Waals surface area contributed by atoms with Gasteiger partial charge >= 0.3 is 0 Å². The van der Waals surface area contributed by atoms with E-state index >= 15 is 0 Å². The summed E-state index contributed by atoms with van der Waals surface area (Å²) in [5, 5.41) is 40.7. The van der Waals surface area contributed by atoms with Crippen molar-refractivity contribution in [2.24, 2.45) is 0 Å². The number of rotatable bonds is 5. The van der Waals surface area contributed by atoms with Crippen LogP contribution in [-0.2, 0) is 16.0 Å². The zero-order valence-corrected chi connectivity index (χ0v) is 12.0. The maximum atomic E-state index is 11.9. The van der Waals surface area contributed by atoms with E-state index < -0.39 is 37.3 Å². The molecule has 1 heterocycles. The number of carbonyl (C=O) groups is 1. The van der Waals surface area contributed by atoms with Gasteiger partial charge in [-0.3, -0.25) is 4.79 Å². The van der Waals surface area contributed by atoms with E-state index in [0.717, 1.165) is 5.56 Å². The van der Waals surface area contributed by atoms with Gasteiger partial charge in [-0.2, -0.15) is 0 Å². The summed E-state index contributed by atoms with van der Waals surface area (Å²) in [5.41, 5.74) is 1.01. The summed E-state index contributed by atoms with van der Waals surface area (Å²) in [6, 6.07) is 9.45. The molecule has 1 aromatic rings. The van der Waals surface area contributed by atoms with Crippen molar-refractivity contribution in [2.75, 3.05) is 6.61 Å². The lowest BCUT2D eigenvalue weighted by Crippen LogP contribution is -2.63. The Morgan fingerprint density at radius 3 is 2.41 bits per heavy atom. The van der Waals surface area contributed by atoms with Crippen molar-refractivity contribution in [1.29, 1.82) is 0 Å². The van der Waals surface area contributed by atoms with Crippen molar-refractivity contribution in [3.63, 3.8) is 0 Å². The summed E-state index contributed by atoms with van der Waals surface area (Å²) in [4.78, 5) is 11.9. The van der Waals surface area contributed by atoms with Crippen LogP contribution in [0.2, 0.25) is 0 Å². The molecule has 0 saturated carbocycles. The largest absolute Gasteiger partial charge is 0.394 e. The van der Waals surface area contributed by atoms with Gasteiger partial charge in [0.25, 0.3) is 0 Å². The zero-order valence-electron chi connectivity index (χ0n) is 12.0. The van der Waals surface area contributed by atoms with Crippen LogP contribution in [-0.4, -0.2) is 63.6 Å². The van der Waals surface area contributed by atoms with E-state index in [1.807, 2.05) is 30.3 Å². The second-order valence-corrected chi connectivity index (χ2v) is 5.30. The molecule has 5 atom stereocenters. The molecule has 1 aliphatic heterocycles. The Morgan fingerprint density at radius 2 is 1.77 bits per heavy atom. The van der Waals surface area contributed by atoms with Gasteiger partial charge in [0.05, 0.1) is 6.61 Å². The van der Waals surface area contributed by atoms with E-state index in [-0.39, 0.29) is 12.3 Å². The SMILES string of the molecule is O=C(CCc1ccccc1)N[C@@H]1O[C@H](CO)[C@H](O)[C@H](O)[C@H]1O. The average molecular weight is 311 g/mol. The van der Waals surface area contributed by atoms with Crippen molar-refractivity contribution in [1.82, 2.24) is 5.32 Å². The van der Waals surface area contributed by atoms with Gasteiger partial charge in [-0.25, -0.2) is 0 Å². The summed E-state index contributed by atoms with van der Waals surface area (Å²) in [6.07, 6.45) is -5.86. The first-order valence-electron chi connectivity index (χ1n) is 7.16. The van der Waals surface area contributed by atoms with Crippen LogP contribution < -0.4 is 5.32 Å². The minimum absolute atomic E-state index is 0.193. The highest BCUT2D eigenvalue weighted by Crippen LogP contribution is 2.19. The molecule has 7 heteroatoms. The minimum Gasteiger partial charge on any atom is -0.394 e. The predicted octanol–water partition coefficient (Wildman–Crippen LogP) is -1.46. The second-order valence-electron chi connectivity index (χ2n) is 5.30. The molecule has 2 rings (SSSR count). The molecule has 0 spiro atoms. The lowest BCUT2D eigenvalue weighted by molar-refractivity contribution is -0.235. The fourth-order valence-corrected chi connectivity index (χ4v) is 2.35. The number of aliphatic hydroxyl groups is 4. The molecule has 122 valence electrons. The van der Waals surface area contributed by atoms with Crippen LogP contribution >= 0.6 is 0 Å². The molecular weight excluding hydrogens is 290 g/mol. The van der Waals surface area contributed by atoms with E-state index in [2.05, 4.69) is 5.32 Å². The molecule has 1 amide bonds. The van der Waals surface area contributed by atoms with Gasteiger partial charge in [0.2, 0.25) is 5.91 Å². The Morgan fingerprint density at radius 1 is 1.09 bits per heavy atom.